The molecule has 5 rings (SSSR count). The van der Waals surface area contributed by atoms with Crippen LogP contribution < -0.4 is 11.2 Å². The Hall–Kier alpha value is -2.66. The smallest absolute Gasteiger partial charge is 0.298 e. The number of aromatic nitrogens is 2. The second kappa shape index (κ2) is 5.43. The second-order valence-electron chi connectivity index (χ2n) is 6.48. The Labute approximate surface area is 147 Å². The highest BCUT2D eigenvalue weighted by molar-refractivity contribution is 7.18. The molecule has 0 radical (unpaired) electrons. The van der Waals surface area contributed by atoms with Gasteiger partial charge in [0.05, 0.1) is 11.1 Å². The number of hydrogen-bond acceptors (Lipinski definition) is 3. The Morgan fingerprint density at radius 2 is 1.76 bits per heavy atom. The van der Waals surface area contributed by atoms with Gasteiger partial charge in [-0.25, -0.2) is 9.36 Å². The first kappa shape index (κ1) is 14.7. The van der Waals surface area contributed by atoms with Crippen LogP contribution in [0.2, 0.25) is 0 Å². The molecule has 0 unspecified atom stereocenters. The third kappa shape index (κ3) is 2.12. The van der Waals surface area contributed by atoms with Crippen molar-refractivity contribution in [2.24, 2.45) is 0 Å². The molecule has 0 fully saturated rings. The third-order valence-electron chi connectivity index (χ3n) is 5.02. The monoisotopic (exact) mass is 348 g/mol. The maximum Gasteiger partial charge on any atom is 0.334 e. The van der Waals surface area contributed by atoms with Gasteiger partial charge < -0.3 is 0 Å². The number of rotatable bonds is 1. The highest BCUT2D eigenvalue weighted by Gasteiger charge is 2.21. The lowest BCUT2D eigenvalue weighted by Gasteiger charge is -2.11. The summed E-state index contributed by atoms with van der Waals surface area (Å²) in [6.45, 7) is 0. The van der Waals surface area contributed by atoms with Crippen LogP contribution in [0, 0.1) is 0 Å². The number of fused-ring (bicyclic) bond motifs is 4. The Morgan fingerprint density at radius 3 is 2.68 bits per heavy atom. The van der Waals surface area contributed by atoms with Crippen molar-refractivity contribution < 1.29 is 0 Å². The van der Waals surface area contributed by atoms with Crippen molar-refractivity contribution in [3.05, 3.63) is 73.7 Å². The predicted molar refractivity (Wildman–Crippen MR) is 102 cm³/mol. The average Bonchev–Trinajstić information content (AvgIpc) is 3.00. The molecule has 4 aromatic rings. The van der Waals surface area contributed by atoms with Crippen molar-refractivity contribution in [1.82, 2.24) is 9.55 Å². The van der Waals surface area contributed by atoms with Gasteiger partial charge in [-0.3, -0.25) is 9.78 Å². The molecular formula is C20H16N2O2S. The molecule has 2 aromatic carbocycles. The molecule has 4 nitrogen and oxygen atoms in total. The number of aryl methyl sites for hydroxylation is 2. The van der Waals surface area contributed by atoms with Gasteiger partial charge in [0.25, 0.3) is 5.56 Å². The minimum absolute atomic E-state index is 0.200. The van der Waals surface area contributed by atoms with Crippen LogP contribution in [0.3, 0.4) is 0 Å². The first-order valence-electron chi connectivity index (χ1n) is 8.52. The maximum absolute atomic E-state index is 13.3. The van der Waals surface area contributed by atoms with Gasteiger partial charge in [0.15, 0.2) is 0 Å². The van der Waals surface area contributed by atoms with Crippen LogP contribution >= 0.6 is 11.3 Å². The van der Waals surface area contributed by atoms with Crippen molar-refractivity contribution in [3.8, 4) is 5.69 Å². The van der Waals surface area contributed by atoms with Crippen molar-refractivity contribution in [2.45, 2.75) is 25.7 Å². The molecule has 2 heterocycles. The molecule has 0 spiro atoms. The number of nitrogens with zero attached hydrogens (tertiary/aromatic N) is 1. The van der Waals surface area contributed by atoms with Crippen LogP contribution in [0.5, 0.6) is 0 Å². The molecule has 1 N–H and O–H groups in total. The van der Waals surface area contributed by atoms with Gasteiger partial charge in [-0.05, 0) is 42.7 Å². The summed E-state index contributed by atoms with van der Waals surface area (Å²) < 4.78 is 1.30. The lowest BCUT2D eigenvalue weighted by Crippen LogP contribution is -2.33. The third-order valence-corrected chi connectivity index (χ3v) is 6.23. The van der Waals surface area contributed by atoms with Gasteiger partial charge in [-0.1, -0.05) is 36.4 Å². The van der Waals surface area contributed by atoms with Gasteiger partial charge in [0.2, 0.25) is 0 Å². The topological polar surface area (TPSA) is 54.9 Å². The fourth-order valence-electron chi connectivity index (χ4n) is 3.86. The van der Waals surface area contributed by atoms with E-state index in [0.717, 1.165) is 46.8 Å². The Bertz CT molecular complexity index is 1240. The average molecular weight is 348 g/mol. The number of benzene rings is 2. The minimum Gasteiger partial charge on any atom is -0.298 e. The van der Waals surface area contributed by atoms with Gasteiger partial charge in [-0.2, -0.15) is 0 Å². The zero-order valence-corrected chi connectivity index (χ0v) is 14.4. The summed E-state index contributed by atoms with van der Waals surface area (Å²) >= 11 is 1.57. The van der Waals surface area contributed by atoms with Crippen molar-refractivity contribution in [2.75, 3.05) is 0 Å². The molecule has 0 aliphatic heterocycles. The minimum atomic E-state index is -0.368. The van der Waals surface area contributed by atoms with Gasteiger partial charge in [0, 0.05) is 10.3 Å². The summed E-state index contributed by atoms with van der Waals surface area (Å²) in [6, 6.07) is 13.5. The molecule has 2 aromatic heterocycles. The van der Waals surface area contributed by atoms with Crippen LogP contribution in [0.15, 0.2) is 52.1 Å². The summed E-state index contributed by atoms with van der Waals surface area (Å²) in [6.07, 6.45) is 4.18. The number of nitrogens with one attached hydrogen (secondary N) is 1. The van der Waals surface area contributed by atoms with Crippen molar-refractivity contribution >= 4 is 32.3 Å². The predicted octanol–water partition coefficient (Wildman–Crippen LogP) is 3.77. The summed E-state index contributed by atoms with van der Waals surface area (Å²) in [4.78, 5) is 30.9. The highest BCUT2D eigenvalue weighted by Crippen LogP contribution is 2.33. The van der Waals surface area contributed by atoms with E-state index in [1.807, 2.05) is 42.5 Å². The molecule has 25 heavy (non-hydrogen) atoms. The molecule has 124 valence electrons. The Balaban J connectivity index is 1.91. The molecule has 0 atom stereocenters. The zero-order valence-electron chi connectivity index (χ0n) is 13.5. The van der Waals surface area contributed by atoms with Crippen molar-refractivity contribution in [1.29, 1.82) is 0 Å². The molecule has 0 saturated carbocycles. The highest BCUT2D eigenvalue weighted by atomic mass is 32.1. The number of thiophene rings is 1. The molecule has 0 saturated heterocycles. The van der Waals surface area contributed by atoms with E-state index in [2.05, 4.69) is 4.98 Å². The number of H-pyrrole nitrogens is 1. The van der Waals surface area contributed by atoms with E-state index in [1.165, 1.54) is 9.44 Å². The van der Waals surface area contributed by atoms with E-state index < -0.39 is 0 Å². The van der Waals surface area contributed by atoms with Gasteiger partial charge >= 0.3 is 5.69 Å². The first-order valence-corrected chi connectivity index (χ1v) is 9.33. The van der Waals surface area contributed by atoms with E-state index >= 15 is 0 Å². The van der Waals surface area contributed by atoms with Gasteiger partial charge in [-0.15, -0.1) is 11.3 Å². The lowest BCUT2D eigenvalue weighted by molar-refractivity contribution is 0.699. The lowest BCUT2D eigenvalue weighted by atomic mass is 9.97. The Morgan fingerprint density at radius 1 is 0.960 bits per heavy atom. The van der Waals surface area contributed by atoms with Crippen LogP contribution in [-0.2, 0) is 12.8 Å². The maximum atomic E-state index is 13.3. The molecular weight excluding hydrogens is 332 g/mol. The van der Waals surface area contributed by atoms with Gasteiger partial charge in [0.1, 0.15) is 4.83 Å². The van der Waals surface area contributed by atoms with Crippen LogP contribution in [0.1, 0.15) is 23.3 Å². The SMILES string of the molecule is O=c1[nH]c2sc3c(c2c(=O)n1-c1cccc2ccccc12)CCCC3. The molecule has 5 heteroatoms. The zero-order chi connectivity index (χ0) is 17.0. The number of hydrogen-bond donors (Lipinski definition) is 1. The Kier molecular flexibility index (Phi) is 3.18. The van der Waals surface area contributed by atoms with Crippen LogP contribution in [0.25, 0.3) is 26.7 Å². The fourth-order valence-corrected chi connectivity index (χ4v) is 5.13. The van der Waals surface area contributed by atoms with E-state index in [9.17, 15) is 9.59 Å². The summed E-state index contributed by atoms with van der Waals surface area (Å²) in [5.41, 5.74) is 1.21. The summed E-state index contributed by atoms with van der Waals surface area (Å²) in [5.74, 6) is 0. The summed E-state index contributed by atoms with van der Waals surface area (Å²) in [7, 11) is 0. The quantitative estimate of drug-likeness (QED) is 0.569. The van der Waals surface area contributed by atoms with Crippen molar-refractivity contribution in [3.63, 3.8) is 0 Å². The second-order valence-corrected chi connectivity index (χ2v) is 7.59. The van der Waals surface area contributed by atoms with Crippen LogP contribution in [-0.4, -0.2) is 9.55 Å². The molecule has 1 aliphatic carbocycles. The van der Waals surface area contributed by atoms with E-state index in [0.29, 0.717) is 11.1 Å². The fraction of sp³-hybridized carbons (Fsp3) is 0.200. The standard InChI is InChI=1S/C20H16N2O2S/c23-19-17-14-9-3-4-11-16(14)25-18(17)21-20(24)22(19)15-10-5-7-12-6-1-2-8-13(12)15/h1-2,5-8,10H,3-4,9,11H2,(H,21,24). The largest absolute Gasteiger partial charge is 0.334 e. The van der Waals surface area contributed by atoms with E-state index in [1.54, 1.807) is 11.3 Å². The number of aromatic amines is 1. The summed E-state index contributed by atoms with van der Waals surface area (Å²) in [5, 5.41) is 2.62. The first-order chi connectivity index (χ1) is 12.2. The molecule has 1 aliphatic rings. The van der Waals surface area contributed by atoms with E-state index in [4.69, 9.17) is 0 Å². The van der Waals surface area contributed by atoms with E-state index in [-0.39, 0.29) is 11.2 Å². The molecule has 0 amide bonds. The van der Waals surface area contributed by atoms with Crippen LogP contribution in [0.4, 0.5) is 0 Å². The molecule has 0 bridgehead atoms. The normalized spacial score (nSPS) is 14.1.